The van der Waals surface area contributed by atoms with E-state index in [1.165, 1.54) is 0 Å². The van der Waals surface area contributed by atoms with Crippen molar-refractivity contribution in [1.82, 2.24) is 19.6 Å². The van der Waals surface area contributed by atoms with Crippen LogP contribution in [-0.4, -0.2) is 19.6 Å². The summed E-state index contributed by atoms with van der Waals surface area (Å²) in [4.78, 5) is 5.38. The van der Waals surface area contributed by atoms with Gasteiger partial charge in [0.05, 0.1) is 21.1 Å². The highest BCUT2D eigenvalue weighted by Gasteiger charge is 2.14. The van der Waals surface area contributed by atoms with Crippen LogP contribution in [0.4, 0.5) is 0 Å². The van der Waals surface area contributed by atoms with Crippen LogP contribution in [-0.2, 0) is 0 Å². The average molecular weight is 255 g/mol. The molecule has 3 rings (SSSR count). The maximum absolute atomic E-state index is 8.94. The molecule has 6 heteroatoms. The molecule has 0 atom stereocenters. The SMILES string of the molecule is Cc1nc(C)c(-c2nnc3ccc(C#N)cn23)s1. The van der Waals surface area contributed by atoms with Crippen molar-refractivity contribution in [2.75, 3.05) is 0 Å². The molecule has 88 valence electrons. The van der Waals surface area contributed by atoms with Crippen molar-refractivity contribution < 1.29 is 0 Å². The Bertz CT molecular complexity index is 777. The lowest BCUT2D eigenvalue weighted by Crippen LogP contribution is -1.90. The molecule has 3 heterocycles. The number of nitriles is 1. The van der Waals surface area contributed by atoms with Crippen LogP contribution < -0.4 is 0 Å². The normalized spacial score (nSPS) is 10.7. The van der Waals surface area contributed by atoms with Crippen molar-refractivity contribution in [3.8, 4) is 16.8 Å². The zero-order chi connectivity index (χ0) is 12.7. The molecule has 3 aromatic heterocycles. The lowest BCUT2D eigenvalue weighted by atomic mass is 10.3. The van der Waals surface area contributed by atoms with Crippen molar-refractivity contribution in [2.24, 2.45) is 0 Å². The van der Waals surface area contributed by atoms with E-state index in [0.29, 0.717) is 5.56 Å². The summed E-state index contributed by atoms with van der Waals surface area (Å²) in [5.74, 6) is 0.741. The molecule has 0 saturated carbocycles. The molecule has 3 aromatic rings. The van der Waals surface area contributed by atoms with Gasteiger partial charge in [-0.2, -0.15) is 5.26 Å². The summed E-state index contributed by atoms with van der Waals surface area (Å²) >= 11 is 1.58. The predicted molar refractivity (Wildman–Crippen MR) is 68.3 cm³/mol. The molecule has 18 heavy (non-hydrogen) atoms. The molecule has 0 aliphatic rings. The summed E-state index contributed by atoms with van der Waals surface area (Å²) in [6, 6.07) is 5.64. The van der Waals surface area contributed by atoms with Crippen LogP contribution in [0.2, 0.25) is 0 Å². The van der Waals surface area contributed by atoms with E-state index in [2.05, 4.69) is 21.3 Å². The van der Waals surface area contributed by atoms with Crippen molar-refractivity contribution >= 4 is 17.0 Å². The first kappa shape index (κ1) is 10.9. The Hall–Kier alpha value is -2.26. The minimum Gasteiger partial charge on any atom is -0.280 e. The van der Waals surface area contributed by atoms with Crippen molar-refractivity contribution in [3.05, 3.63) is 34.6 Å². The van der Waals surface area contributed by atoms with Crippen LogP contribution in [0.25, 0.3) is 16.3 Å². The summed E-state index contributed by atoms with van der Waals surface area (Å²) in [6.45, 7) is 3.92. The topological polar surface area (TPSA) is 66.9 Å². The van der Waals surface area contributed by atoms with Gasteiger partial charge in [0.15, 0.2) is 11.5 Å². The zero-order valence-corrected chi connectivity index (χ0v) is 10.7. The molecule has 0 aliphatic carbocycles. The molecule has 0 aromatic carbocycles. The average Bonchev–Trinajstić information content (AvgIpc) is 2.91. The van der Waals surface area contributed by atoms with Crippen LogP contribution >= 0.6 is 11.3 Å². The predicted octanol–water partition coefficient (Wildman–Crippen LogP) is 2.34. The summed E-state index contributed by atoms with van der Waals surface area (Å²) < 4.78 is 1.83. The van der Waals surface area contributed by atoms with Gasteiger partial charge in [-0.05, 0) is 26.0 Å². The van der Waals surface area contributed by atoms with Gasteiger partial charge in [0, 0.05) is 6.20 Å². The Kier molecular flexibility index (Phi) is 2.35. The van der Waals surface area contributed by atoms with E-state index < -0.39 is 0 Å². The second-order valence-corrected chi connectivity index (χ2v) is 5.13. The van der Waals surface area contributed by atoms with Gasteiger partial charge < -0.3 is 0 Å². The van der Waals surface area contributed by atoms with E-state index in [1.807, 2.05) is 18.2 Å². The Morgan fingerprint density at radius 1 is 1.28 bits per heavy atom. The van der Waals surface area contributed by atoms with E-state index in [1.54, 1.807) is 29.7 Å². The lowest BCUT2D eigenvalue weighted by Gasteiger charge is -1.98. The highest BCUT2D eigenvalue weighted by Crippen LogP contribution is 2.28. The highest BCUT2D eigenvalue weighted by molar-refractivity contribution is 7.15. The van der Waals surface area contributed by atoms with Crippen LogP contribution in [0.3, 0.4) is 0 Å². The first-order chi connectivity index (χ1) is 8.69. The number of aromatic nitrogens is 4. The molecule has 0 amide bonds. The van der Waals surface area contributed by atoms with Crippen molar-refractivity contribution in [2.45, 2.75) is 13.8 Å². The smallest absolute Gasteiger partial charge is 0.180 e. The number of pyridine rings is 1. The van der Waals surface area contributed by atoms with Crippen molar-refractivity contribution in [3.63, 3.8) is 0 Å². The van der Waals surface area contributed by atoms with E-state index in [9.17, 15) is 0 Å². The number of hydrogen-bond acceptors (Lipinski definition) is 5. The summed E-state index contributed by atoms with van der Waals surface area (Å²) in [5.41, 5.74) is 2.26. The van der Waals surface area contributed by atoms with Gasteiger partial charge in [-0.3, -0.25) is 4.40 Å². The molecule has 5 nitrogen and oxygen atoms in total. The fourth-order valence-electron chi connectivity index (χ4n) is 1.85. The van der Waals surface area contributed by atoms with Gasteiger partial charge in [-0.1, -0.05) is 0 Å². The Morgan fingerprint density at radius 3 is 2.78 bits per heavy atom. The fourth-order valence-corrected chi connectivity index (χ4v) is 2.75. The van der Waals surface area contributed by atoms with Gasteiger partial charge in [0.1, 0.15) is 6.07 Å². The molecule has 0 aliphatic heterocycles. The number of fused-ring (bicyclic) bond motifs is 1. The van der Waals surface area contributed by atoms with Gasteiger partial charge in [-0.15, -0.1) is 21.5 Å². The molecular weight excluding hydrogens is 246 g/mol. The monoisotopic (exact) mass is 255 g/mol. The maximum Gasteiger partial charge on any atom is 0.180 e. The minimum atomic E-state index is 0.586. The lowest BCUT2D eigenvalue weighted by molar-refractivity contribution is 1.10. The van der Waals surface area contributed by atoms with Gasteiger partial charge in [0.2, 0.25) is 0 Å². The van der Waals surface area contributed by atoms with Crippen LogP contribution in [0.5, 0.6) is 0 Å². The Morgan fingerprint density at radius 2 is 2.11 bits per heavy atom. The number of rotatable bonds is 1. The number of hydrogen-bond donors (Lipinski definition) is 0. The third kappa shape index (κ3) is 1.57. The van der Waals surface area contributed by atoms with E-state index >= 15 is 0 Å². The molecule has 0 spiro atoms. The Balaban J connectivity index is 2.30. The van der Waals surface area contributed by atoms with Gasteiger partial charge in [0.25, 0.3) is 0 Å². The minimum absolute atomic E-state index is 0.586. The van der Waals surface area contributed by atoms with Crippen LogP contribution in [0.1, 0.15) is 16.3 Å². The molecule has 0 N–H and O–H groups in total. The quantitative estimate of drug-likeness (QED) is 0.669. The maximum atomic E-state index is 8.94. The molecule has 0 saturated heterocycles. The first-order valence-corrected chi connectivity index (χ1v) is 6.20. The Labute approximate surface area is 107 Å². The van der Waals surface area contributed by atoms with E-state index in [4.69, 9.17) is 5.26 Å². The third-order valence-corrected chi connectivity index (χ3v) is 3.71. The standard InChI is InChI=1S/C12H9N5S/c1-7-11(18-8(2)14-7)12-16-15-10-4-3-9(5-13)6-17(10)12/h3-4,6H,1-2H3. The van der Waals surface area contributed by atoms with Crippen LogP contribution in [0.15, 0.2) is 18.3 Å². The second kappa shape index (κ2) is 3.89. The number of thiazole rings is 1. The molecular formula is C12H9N5S. The second-order valence-electron chi connectivity index (χ2n) is 3.93. The first-order valence-electron chi connectivity index (χ1n) is 5.38. The summed E-state index contributed by atoms with van der Waals surface area (Å²) in [7, 11) is 0. The van der Waals surface area contributed by atoms with E-state index in [0.717, 1.165) is 27.1 Å². The summed E-state index contributed by atoms with van der Waals surface area (Å²) in [5, 5.41) is 18.2. The van der Waals surface area contributed by atoms with E-state index in [-0.39, 0.29) is 0 Å². The molecule has 0 radical (unpaired) electrons. The molecule has 0 bridgehead atoms. The molecule has 0 fully saturated rings. The van der Waals surface area contributed by atoms with Gasteiger partial charge in [-0.25, -0.2) is 4.98 Å². The van der Waals surface area contributed by atoms with Crippen LogP contribution in [0, 0.1) is 25.2 Å². The zero-order valence-electron chi connectivity index (χ0n) is 9.88. The fraction of sp³-hybridized carbons (Fsp3) is 0.167. The summed E-state index contributed by atoms with van der Waals surface area (Å²) in [6.07, 6.45) is 1.75. The third-order valence-electron chi connectivity index (χ3n) is 2.64. The molecule has 0 unspecified atom stereocenters. The largest absolute Gasteiger partial charge is 0.280 e. The van der Waals surface area contributed by atoms with Gasteiger partial charge >= 0.3 is 0 Å². The van der Waals surface area contributed by atoms with Crippen molar-refractivity contribution in [1.29, 1.82) is 5.26 Å². The highest BCUT2D eigenvalue weighted by atomic mass is 32.1. The number of aryl methyl sites for hydroxylation is 2. The number of nitrogens with zero attached hydrogens (tertiary/aromatic N) is 5.